The molecule has 0 radical (unpaired) electrons. The van der Waals surface area contributed by atoms with Gasteiger partial charge in [0.25, 0.3) is 0 Å². The van der Waals surface area contributed by atoms with Crippen LogP contribution < -0.4 is 0 Å². The minimum Gasteiger partial charge on any atom is -0.481 e. The summed E-state index contributed by atoms with van der Waals surface area (Å²) in [5.41, 5.74) is -3.06. The van der Waals surface area contributed by atoms with Gasteiger partial charge < -0.3 is 20.4 Å². The average Bonchev–Trinajstić information content (AvgIpc) is 2.80. The van der Waals surface area contributed by atoms with E-state index >= 15 is 0 Å². The fourth-order valence-electron chi connectivity index (χ4n) is 4.89. The molecule has 0 saturated carbocycles. The van der Waals surface area contributed by atoms with Gasteiger partial charge in [0.1, 0.15) is 11.7 Å². The minimum absolute atomic E-state index is 0.0868. The normalized spacial score (nSPS) is 14.6. The third kappa shape index (κ3) is 14.0. The number of aliphatic hydroxyl groups is 1. The van der Waals surface area contributed by atoms with Crippen molar-refractivity contribution >= 4 is 23.7 Å². The third-order valence-electron chi connectivity index (χ3n) is 7.03. The van der Waals surface area contributed by atoms with E-state index in [1.165, 1.54) is 51.4 Å². The van der Waals surface area contributed by atoms with Crippen molar-refractivity contribution in [2.24, 2.45) is 11.8 Å². The summed E-state index contributed by atoms with van der Waals surface area (Å²) < 4.78 is 0. The molecule has 0 saturated heterocycles. The van der Waals surface area contributed by atoms with Gasteiger partial charge in [0.2, 0.25) is 0 Å². The lowest BCUT2D eigenvalue weighted by atomic mass is 9.71. The lowest BCUT2D eigenvalue weighted by Crippen LogP contribution is -2.55. The zero-order valence-corrected chi connectivity index (χ0v) is 22.5. The van der Waals surface area contributed by atoms with Gasteiger partial charge in [-0.25, -0.2) is 4.79 Å². The van der Waals surface area contributed by atoms with Gasteiger partial charge in [0.15, 0.2) is 5.60 Å². The predicted molar refractivity (Wildman–Crippen MR) is 139 cm³/mol. The number of Topliss-reactive ketones (excluding diaryl/α,β-unsaturated/α-hetero) is 1. The first kappa shape index (κ1) is 34.0. The first-order chi connectivity index (χ1) is 17.1. The highest BCUT2D eigenvalue weighted by atomic mass is 16.4. The molecule has 36 heavy (non-hydrogen) atoms. The molecule has 3 unspecified atom stereocenters. The Labute approximate surface area is 216 Å². The van der Waals surface area contributed by atoms with Gasteiger partial charge in [-0.3, -0.25) is 14.4 Å². The Morgan fingerprint density at radius 2 is 1.06 bits per heavy atom. The highest BCUT2D eigenvalue weighted by molar-refractivity contribution is 5.94. The smallest absolute Gasteiger partial charge is 0.337 e. The number of ketones is 1. The van der Waals surface area contributed by atoms with E-state index in [4.69, 9.17) is 5.11 Å². The Hall–Kier alpha value is -1.96. The van der Waals surface area contributed by atoms with E-state index in [0.717, 1.165) is 38.5 Å². The molecule has 0 aromatic heterocycles. The molecule has 4 N–H and O–H groups in total. The molecule has 0 aliphatic carbocycles. The quantitative estimate of drug-likeness (QED) is 0.105. The van der Waals surface area contributed by atoms with Crippen LogP contribution in [0.5, 0.6) is 0 Å². The van der Waals surface area contributed by atoms with Gasteiger partial charge in [-0.05, 0) is 12.8 Å². The number of aliphatic carboxylic acids is 3. The maximum atomic E-state index is 13.0. The Morgan fingerprint density at radius 1 is 0.639 bits per heavy atom. The maximum absolute atomic E-state index is 13.0. The molecule has 0 aliphatic heterocycles. The van der Waals surface area contributed by atoms with Crippen LogP contribution in [0.3, 0.4) is 0 Å². The molecular formula is C28H50O8. The van der Waals surface area contributed by atoms with Gasteiger partial charge in [0, 0.05) is 12.3 Å². The summed E-state index contributed by atoms with van der Waals surface area (Å²) >= 11 is 0. The molecule has 3 atom stereocenters. The van der Waals surface area contributed by atoms with E-state index in [1.807, 2.05) is 6.92 Å². The molecule has 0 aromatic carbocycles. The Kier molecular flexibility index (Phi) is 19.0. The van der Waals surface area contributed by atoms with E-state index in [1.54, 1.807) is 0 Å². The summed E-state index contributed by atoms with van der Waals surface area (Å²) in [4.78, 5) is 48.1. The molecule has 0 fully saturated rings. The molecule has 210 valence electrons. The number of carbonyl (C=O) groups is 4. The lowest BCUT2D eigenvalue weighted by molar-refractivity contribution is -0.184. The monoisotopic (exact) mass is 514 g/mol. The first-order valence-electron chi connectivity index (χ1n) is 14.0. The zero-order valence-electron chi connectivity index (χ0n) is 22.5. The van der Waals surface area contributed by atoms with E-state index in [2.05, 4.69) is 6.92 Å². The zero-order chi connectivity index (χ0) is 27.4. The molecule has 0 amide bonds. The van der Waals surface area contributed by atoms with Crippen LogP contribution in [0, 0.1) is 11.8 Å². The second-order valence-electron chi connectivity index (χ2n) is 10.2. The summed E-state index contributed by atoms with van der Waals surface area (Å²) in [7, 11) is 0. The molecule has 0 heterocycles. The van der Waals surface area contributed by atoms with Crippen molar-refractivity contribution in [3.05, 3.63) is 0 Å². The number of hydrogen-bond donors (Lipinski definition) is 4. The summed E-state index contributed by atoms with van der Waals surface area (Å²) in [5, 5.41) is 39.1. The van der Waals surface area contributed by atoms with Crippen molar-refractivity contribution in [2.45, 2.75) is 141 Å². The van der Waals surface area contributed by atoms with Gasteiger partial charge in [0.05, 0.1) is 6.42 Å². The fraction of sp³-hybridized carbons (Fsp3) is 0.857. The van der Waals surface area contributed by atoms with Gasteiger partial charge in [-0.15, -0.1) is 0 Å². The van der Waals surface area contributed by atoms with Crippen LogP contribution in [0.4, 0.5) is 0 Å². The number of unbranched alkanes of at least 4 members (excludes halogenated alkanes) is 14. The summed E-state index contributed by atoms with van der Waals surface area (Å²) in [6.45, 7) is 4.18. The van der Waals surface area contributed by atoms with Crippen LogP contribution in [0.25, 0.3) is 0 Å². The van der Waals surface area contributed by atoms with E-state index in [0.29, 0.717) is 12.8 Å². The number of carboxylic acids is 3. The van der Waals surface area contributed by atoms with Gasteiger partial charge >= 0.3 is 17.9 Å². The van der Waals surface area contributed by atoms with Crippen LogP contribution >= 0.6 is 0 Å². The Balaban J connectivity index is 4.88. The first-order valence-corrected chi connectivity index (χ1v) is 14.0. The van der Waals surface area contributed by atoms with E-state index in [-0.39, 0.29) is 12.8 Å². The molecule has 8 heteroatoms. The summed E-state index contributed by atoms with van der Waals surface area (Å²) in [5.74, 6) is -8.91. The molecule has 0 aromatic rings. The lowest BCUT2D eigenvalue weighted by Gasteiger charge is -2.33. The third-order valence-corrected chi connectivity index (χ3v) is 7.03. The Bertz CT molecular complexity index is 647. The predicted octanol–water partition coefficient (Wildman–Crippen LogP) is 6.22. The second-order valence-corrected chi connectivity index (χ2v) is 10.2. The van der Waals surface area contributed by atoms with Crippen molar-refractivity contribution in [1.82, 2.24) is 0 Å². The molecule has 0 aliphatic rings. The number of carboxylic acid groups (broad SMARTS) is 3. The molecular weight excluding hydrogens is 464 g/mol. The second kappa shape index (κ2) is 20.1. The van der Waals surface area contributed by atoms with E-state index in [9.17, 15) is 34.5 Å². The van der Waals surface area contributed by atoms with Gasteiger partial charge in [-0.2, -0.15) is 0 Å². The number of rotatable bonds is 25. The Morgan fingerprint density at radius 3 is 1.44 bits per heavy atom. The van der Waals surface area contributed by atoms with Crippen molar-refractivity contribution in [2.75, 3.05) is 0 Å². The van der Waals surface area contributed by atoms with Crippen LogP contribution in [0.2, 0.25) is 0 Å². The SMILES string of the molecule is CCCCCCCCCCCCCCCC(C(=O)CCCCC)C(C(=O)O)C(O)(CC(=O)O)C(=O)O. The topological polar surface area (TPSA) is 149 Å². The number of hydrogen-bond acceptors (Lipinski definition) is 5. The molecule has 0 rings (SSSR count). The molecule has 0 spiro atoms. The largest absolute Gasteiger partial charge is 0.481 e. The highest BCUT2D eigenvalue weighted by Gasteiger charge is 2.54. The van der Waals surface area contributed by atoms with Crippen LogP contribution in [-0.4, -0.2) is 49.7 Å². The van der Waals surface area contributed by atoms with Crippen molar-refractivity contribution in [1.29, 1.82) is 0 Å². The summed E-state index contributed by atoms with van der Waals surface area (Å²) in [6, 6.07) is 0. The van der Waals surface area contributed by atoms with Crippen molar-refractivity contribution in [3.8, 4) is 0 Å². The summed E-state index contributed by atoms with van der Waals surface area (Å²) in [6.07, 6.45) is 15.7. The van der Waals surface area contributed by atoms with Crippen molar-refractivity contribution < 1.29 is 39.6 Å². The number of carbonyl (C=O) groups excluding carboxylic acids is 1. The minimum atomic E-state index is -3.06. The van der Waals surface area contributed by atoms with Crippen LogP contribution in [0.1, 0.15) is 136 Å². The van der Waals surface area contributed by atoms with Crippen LogP contribution in [0.15, 0.2) is 0 Å². The molecule has 8 nitrogen and oxygen atoms in total. The standard InChI is InChI=1S/C28H50O8/c1-3-5-7-8-9-10-11-12-13-14-15-16-18-19-22(23(29)20-17-6-4-2)25(26(32)33)28(36,27(34)35)21-24(30)31/h22,25,36H,3-21H2,1-2H3,(H,30,31)(H,32,33)(H,34,35). The van der Waals surface area contributed by atoms with Gasteiger partial charge in [-0.1, -0.05) is 110 Å². The average molecular weight is 515 g/mol. The van der Waals surface area contributed by atoms with Crippen LogP contribution in [-0.2, 0) is 19.2 Å². The molecule has 0 bridgehead atoms. The highest BCUT2D eigenvalue weighted by Crippen LogP contribution is 2.34. The maximum Gasteiger partial charge on any atom is 0.337 e. The van der Waals surface area contributed by atoms with Crippen molar-refractivity contribution in [3.63, 3.8) is 0 Å². The fourth-order valence-corrected chi connectivity index (χ4v) is 4.89. The van der Waals surface area contributed by atoms with E-state index < -0.39 is 47.5 Å².